The van der Waals surface area contributed by atoms with E-state index in [2.05, 4.69) is 45.1 Å². The van der Waals surface area contributed by atoms with Gasteiger partial charge in [-0.1, -0.05) is 24.3 Å². The summed E-state index contributed by atoms with van der Waals surface area (Å²) in [6, 6.07) is 11.6. The third-order valence-corrected chi connectivity index (χ3v) is 5.87. The van der Waals surface area contributed by atoms with Crippen LogP contribution in [0.1, 0.15) is 41.9 Å². The topological polar surface area (TPSA) is 3.24 Å². The minimum absolute atomic E-state index is 0.117. The molecule has 1 heterocycles. The van der Waals surface area contributed by atoms with Gasteiger partial charge in [-0.2, -0.15) is 0 Å². The summed E-state index contributed by atoms with van der Waals surface area (Å²) in [4.78, 5) is 2.48. The second-order valence-electron chi connectivity index (χ2n) is 6.63. The van der Waals surface area contributed by atoms with Crippen molar-refractivity contribution in [2.75, 3.05) is 0 Å². The lowest BCUT2D eigenvalue weighted by Crippen LogP contribution is -2.28. The van der Waals surface area contributed by atoms with Crippen molar-refractivity contribution in [3.05, 3.63) is 69.2 Å². The van der Waals surface area contributed by atoms with Crippen LogP contribution in [0.2, 0.25) is 0 Å². The van der Waals surface area contributed by atoms with Crippen molar-refractivity contribution in [2.45, 2.75) is 44.3 Å². The van der Waals surface area contributed by atoms with Crippen molar-refractivity contribution in [3.8, 4) is 0 Å². The van der Waals surface area contributed by atoms with Gasteiger partial charge in [0.1, 0.15) is 11.6 Å². The number of hydrogen-bond donors (Lipinski definition) is 0. The number of hydrogen-bond acceptors (Lipinski definition) is 1. The Morgan fingerprint density at radius 1 is 0.957 bits per heavy atom. The Balaban J connectivity index is 1.49. The number of halogens is 3. The maximum Gasteiger partial charge on any atom is 0.137 e. The van der Waals surface area contributed by atoms with E-state index in [9.17, 15) is 8.78 Å². The molecule has 4 rings (SSSR count). The van der Waals surface area contributed by atoms with Crippen molar-refractivity contribution < 1.29 is 8.78 Å². The van der Waals surface area contributed by atoms with Crippen molar-refractivity contribution in [2.24, 2.45) is 0 Å². The quantitative estimate of drug-likeness (QED) is 0.635. The molecule has 0 radical (unpaired) electrons. The highest BCUT2D eigenvalue weighted by molar-refractivity contribution is 9.10. The molecule has 2 aromatic rings. The number of fused-ring (bicyclic) bond motifs is 1. The van der Waals surface area contributed by atoms with E-state index in [-0.39, 0.29) is 22.0 Å². The fraction of sp³-hybridized carbons (Fsp3) is 0.368. The predicted octanol–water partition coefficient (Wildman–Crippen LogP) is 5.38. The van der Waals surface area contributed by atoms with Crippen molar-refractivity contribution in [3.63, 3.8) is 0 Å². The van der Waals surface area contributed by atoms with Crippen molar-refractivity contribution >= 4 is 15.9 Å². The highest BCUT2D eigenvalue weighted by Gasteiger charge is 2.34. The first-order chi connectivity index (χ1) is 11.1. The standard InChI is InChI=1S/C19H18BrF2N/c20-17-9-18(21)16(8-19(17)22)12-5-6-15(7-12)23-10-13-3-1-2-4-14(13)11-23/h1-4,8-9,12,15H,5-7,10-11H2. The van der Waals surface area contributed by atoms with Crippen LogP contribution in [0.15, 0.2) is 40.9 Å². The Morgan fingerprint density at radius 2 is 1.65 bits per heavy atom. The highest BCUT2D eigenvalue weighted by atomic mass is 79.9. The first kappa shape index (κ1) is 15.3. The SMILES string of the molecule is Fc1cc(C2CCC(N3Cc4ccccc4C3)C2)c(F)cc1Br. The molecule has 2 unspecified atom stereocenters. The van der Waals surface area contributed by atoms with Gasteiger partial charge in [0.25, 0.3) is 0 Å². The molecule has 23 heavy (non-hydrogen) atoms. The van der Waals surface area contributed by atoms with E-state index in [1.807, 2.05) is 0 Å². The molecule has 1 saturated carbocycles. The molecule has 0 N–H and O–H groups in total. The molecule has 120 valence electrons. The molecule has 0 spiro atoms. The maximum atomic E-state index is 14.2. The van der Waals surface area contributed by atoms with Gasteiger partial charge in [0.05, 0.1) is 4.47 Å². The van der Waals surface area contributed by atoms with Crippen LogP contribution in [-0.2, 0) is 13.1 Å². The van der Waals surface area contributed by atoms with E-state index < -0.39 is 0 Å². The highest BCUT2D eigenvalue weighted by Crippen LogP contribution is 2.41. The molecule has 4 heteroatoms. The summed E-state index contributed by atoms with van der Waals surface area (Å²) in [5, 5.41) is 0. The van der Waals surface area contributed by atoms with Gasteiger partial charge in [-0.25, -0.2) is 8.78 Å². The van der Waals surface area contributed by atoms with Crippen LogP contribution in [0.3, 0.4) is 0 Å². The Morgan fingerprint density at radius 3 is 2.35 bits per heavy atom. The fourth-order valence-electron chi connectivity index (χ4n) is 4.04. The number of nitrogens with zero attached hydrogens (tertiary/aromatic N) is 1. The largest absolute Gasteiger partial charge is 0.292 e. The van der Waals surface area contributed by atoms with Crippen LogP contribution in [0, 0.1) is 11.6 Å². The molecule has 1 fully saturated rings. The second-order valence-corrected chi connectivity index (χ2v) is 7.48. The number of rotatable bonds is 2. The third-order valence-electron chi connectivity index (χ3n) is 5.27. The summed E-state index contributed by atoms with van der Waals surface area (Å²) < 4.78 is 28.2. The number of benzene rings is 2. The molecule has 2 aliphatic rings. The molecule has 2 aromatic carbocycles. The summed E-state index contributed by atoms with van der Waals surface area (Å²) in [6.45, 7) is 1.95. The average Bonchev–Trinajstić information content (AvgIpc) is 3.17. The lowest BCUT2D eigenvalue weighted by Gasteiger charge is -2.23. The van der Waals surface area contributed by atoms with Crippen LogP contribution in [-0.4, -0.2) is 10.9 Å². The van der Waals surface area contributed by atoms with Gasteiger partial charge in [-0.15, -0.1) is 0 Å². The normalized spacial score (nSPS) is 24.1. The Kier molecular flexibility index (Phi) is 3.98. The van der Waals surface area contributed by atoms with E-state index in [0.29, 0.717) is 11.6 Å². The molecule has 0 saturated heterocycles. The van der Waals surface area contributed by atoms with E-state index in [0.717, 1.165) is 32.4 Å². The van der Waals surface area contributed by atoms with Gasteiger partial charge in [-0.3, -0.25) is 4.90 Å². The zero-order valence-electron chi connectivity index (χ0n) is 12.7. The molecule has 1 nitrogen and oxygen atoms in total. The molecule has 2 atom stereocenters. The third kappa shape index (κ3) is 2.83. The summed E-state index contributed by atoms with van der Waals surface area (Å²) in [7, 11) is 0. The van der Waals surface area contributed by atoms with Gasteiger partial charge >= 0.3 is 0 Å². The zero-order chi connectivity index (χ0) is 16.0. The monoisotopic (exact) mass is 377 g/mol. The summed E-state index contributed by atoms with van der Waals surface area (Å²) in [6.07, 6.45) is 2.89. The van der Waals surface area contributed by atoms with Gasteiger partial charge in [0.15, 0.2) is 0 Å². The molecule has 1 aliphatic heterocycles. The van der Waals surface area contributed by atoms with Gasteiger partial charge < -0.3 is 0 Å². The lowest BCUT2D eigenvalue weighted by molar-refractivity contribution is 0.200. The predicted molar refractivity (Wildman–Crippen MR) is 90.1 cm³/mol. The van der Waals surface area contributed by atoms with Crippen molar-refractivity contribution in [1.82, 2.24) is 4.90 Å². The van der Waals surface area contributed by atoms with Gasteiger partial charge in [0, 0.05) is 19.1 Å². The Bertz CT molecular complexity index is 721. The average molecular weight is 378 g/mol. The molecular weight excluding hydrogens is 360 g/mol. The lowest BCUT2D eigenvalue weighted by atomic mass is 9.96. The van der Waals surface area contributed by atoms with Crippen molar-refractivity contribution in [1.29, 1.82) is 0 Å². The van der Waals surface area contributed by atoms with Crippen LogP contribution < -0.4 is 0 Å². The van der Waals surface area contributed by atoms with Gasteiger partial charge in [-0.05, 0) is 69.9 Å². The van der Waals surface area contributed by atoms with Crippen LogP contribution in [0.4, 0.5) is 8.78 Å². The molecule has 0 amide bonds. The smallest absolute Gasteiger partial charge is 0.137 e. The molecular formula is C19H18BrF2N. The molecule has 1 aliphatic carbocycles. The zero-order valence-corrected chi connectivity index (χ0v) is 14.3. The summed E-state index contributed by atoms with van der Waals surface area (Å²) in [5.74, 6) is -0.557. The maximum absolute atomic E-state index is 14.2. The minimum atomic E-state index is -0.376. The molecule has 0 bridgehead atoms. The molecule has 0 aromatic heterocycles. The summed E-state index contributed by atoms with van der Waals surface area (Å²) in [5.41, 5.74) is 3.33. The van der Waals surface area contributed by atoms with Crippen LogP contribution >= 0.6 is 15.9 Å². The van der Waals surface area contributed by atoms with Crippen LogP contribution in [0.25, 0.3) is 0 Å². The first-order valence-corrected chi connectivity index (χ1v) is 8.86. The Hall–Kier alpha value is -1.26. The van der Waals surface area contributed by atoms with E-state index >= 15 is 0 Å². The minimum Gasteiger partial charge on any atom is -0.292 e. The van der Waals surface area contributed by atoms with Gasteiger partial charge in [0.2, 0.25) is 0 Å². The Labute approximate surface area is 143 Å². The summed E-state index contributed by atoms with van der Waals surface area (Å²) >= 11 is 3.05. The fourth-order valence-corrected chi connectivity index (χ4v) is 4.36. The van der Waals surface area contributed by atoms with Crippen LogP contribution in [0.5, 0.6) is 0 Å². The second kappa shape index (κ2) is 5.99. The first-order valence-electron chi connectivity index (χ1n) is 8.07. The van der Waals surface area contributed by atoms with E-state index in [1.165, 1.54) is 23.3 Å². The van der Waals surface area contributed by atoms with E-state index in [1.54, 1.807) is 0 Å². The van der Waals surface area contributed by atoms with E-state index in [4.69, 9.17) is 0 Å².